The summed E-state index contributed by atoms with van der Waals surface area (Å²) in [6.07, 6.45) is 57.1. The molecule has 570 valence electrons. The lowest BCUT2D eigenvalue weighted by Gasteiger charge is -2.21. The van der Waals surface area contributed by atoms with Gasteiger partial charge in [-0.25, -0.2) is 9.13 Å². The zero-order chi connectivity index (χ0) is 70.7. The zero-order valence-corrected chi connectivity index (χ0v) is 64.5. The molecular formula is C77H150O17P2. The smallest absolute Gasteiger partial charge is 0.462 e. The van der Waals surface area contributed by atoms with Crippen molar-refractivity contribution in [2.45, 2.75) is 419 Å². The summed E-state index contributed by atoms with van der Waals surface area (Å²) < 4.78 is 68.5. The number of unbranched alkanes of at least 4 members (excludes halogenated alkanes) is 46. The van der Waals surface area contributed by atoms with Crippen molar-refractivity contribution in [3.05, 3.63) is 0 Å². The van der Waals surface area contributed by atoms with Gasteiger partial charge in [0.1, 0.15) is 19.3 Å². The number of carbonyl (C=O) groups is 4. The summed E-state index contributed by atoms with van der Waals surface area (Å²) in [7, 11) is -9.91. The molecule has 0 aliphatic heterocycles. The van der Waals surface area contributed by atoms with E-state index >= 15 is 0 Å². The maximum absolute atomic E-state index is 13.1. The Kier molecular flexibility index (Phi) is 67.4. The van der Waals surface area contributed by atoms with Crippen LogP contribution in [-0.2, 0) is 65.4 Å². The normalized spacial score (nSPS) is 14.0. The summed E-state index contributed by atoms with van der Waals surface area (Å²) in [5, 5.41) is 10.6. The van der Waals surface area contributed by atoms with Crippen molar-refractivity contribution in [2.75, 3.05) is 39.6 Å². The van der Waals surface area contributed by atoms with Crippen LogP contribution >= 0.6 is 15.6 Å². The van der Waals surface area contributed by atoms with Crippen molar-refractivity contribution >= 4 is 39.5 Å². The number of hydrogen-bond donors (Lipinski definition) is 3. The molecule has 0 aliphatic rings. The molecule has 0 saturated carbocycles. The molecular weight excluding hydrogens is 1260 g/mol. The molecule has 0 aliphatic carbocycles. The number of hydrogen-bond acceptors (Lipinski definition) is 15. The largest absolute Gasteiger partial charge is 0.472 e. The van der Waals surface area contributed by atoms with Gasteiger partial charge in [0.25, 0.3) is 0 Å². The van der Waals surface area contributed by atoms with Crippen LogP contribution in [0.3, 0.4) is 0 Å². The molecule has 0 aromatic rings. The molecule has 0 saturated heterocycles. The third kappa shape index (κ3) is 70.5. The lowest BCUT2D eigenvalue weighted by Crippen LogP contribution is -2.30. The molecule has 0 spiro atoms. The van der Waals surface area contributed by atoms with Gasteiger partial charge in [-0.15, -0.1) is 0 Å². The van der Waals surface area contributed by atoms with Crippen LogP contribution in [0.15, 0.2) is 0 Å². The highest BCUT2D eigenvalue weighted by atomic mass is 31.2. The lowest BCUT2D eigenvalue weighted by atomic mass is 10.0. The summed E-state index contributed by atoms with van der Waals surface area (Å²) >= 11 is 0. The quantitative estimate of drug-likeness (QED) is 0.0222. The van der Waals surface area contributed by atoms with Gasteiger partial charge in [-0.05, 0) is 37.5 Å². The van der Waals surface area contributed by atoms with Crippen molar-refractivity contribution in [2.24, 2.45) is 11.8 Å². The second-order valence-corrected chi connectivity index (χ2v) is 31.6. The van der Waals surface area contributed by atoms with Gasteiger partial charge < -0.3 is 33.8 Å². The van der Waals surface area contributed by atoms with Gasteiger partial charge in [-0.2, -0.15) is 0 Å². The Hall–Kier alpha value is -1.94. The average molecular weight is 1410 g/mol. The van der Waals surface area contributed by atoms with E-state index in [1.807, 2.05) is 0 Å². The predicted octanol–water partition coefficient (Wildman–Crippen LogP) is 22.7. The number of carbonyl (C=O) groups excluding carboxylic acids is 4. The SMILES string of the molecule is CCCCCCCCCCCCCCCCCCCCCCC(=O)O[C@H](COC(=O)CCCCCCCCCCCCCCCC)COP(=O)(O)OC[C@@H](O)COP(=O)(O)OC[C@@H](COC(=O)CCCCCCCCC(C)C)OC(=O)CCCCCCCCCCCCC(C)C. The molecule has 0 fully saturated rings. The van der Waals surface area contributed by atoms with Gasteiger partial charge in [-0.1, -0.05) is 350 Å². The van der Waals surface area contributed by atoms with E-state index < -0.39 is 97.5 Å². The number of aliphatic hydroxyl groups is 1. The van der Waals surface area contributed by atoms with Crippen molar-refractivity contribution < 1.29 is 80.2 Å². The van der Waals surface area contributed by atoms with Gasteiger partial charge in [0.2, 0.25) is 0 Å². The Balaban J connectivity index is 5.21. The highest BCUT2D eigenvalue weighted by Crippen LogP contribution is 2.45. The Morgan fingerprint density at radius 1 is 0.281 bits per heavy atom. The summed E-state index contributed by atoms with van der Waals surface area (Å²) in [4.78, 5) is 72.8. The molecule has 19 heteroatoms. The number of phosphoric acid groups is 2. The van der Waals surface area contributed by atoms with Crippen LogP contribution in [0.25, 0.3) is 0 Å². The molecule has 0 heterocycles. The first-order valence-electron chi connectivity index (χ1n) is 40.0. The Morgan fingerprint density at radius 3 is 0.708 bits per heavy atom. The number of phosphoric ester groups is 2. The van der Waals surface area contributed by atoms with E-state index in [4.69, 9.17) is 37.0 Å². The minimum atomic E-state index is -4.96. The fraction of sp³-hybridized carbons (Fsp3) is 0.948. The highest BCUT2D eigenvalue weighted by Gasteiger charge is 2.30. The summed E-state index contributed by atoms with van der Waals surface area (Å²) in [6, 6.07) is 0. The van der Waals surface area contributed by atoms with Crippen molar-refractivity contribution in [1.29, 1.82) is 0 Å². The van der Waals surface area contributed by atoms with Crippen LogP contribution in [0.4, 0.5) is 0 Å². The monoisotopic (exact) mass is 1410 g/mol. The van der Waals surface area contributed by atoms with Crippen LogP contribution in [-0.4, -0.2) is 96.7 Å². The topological polar surface area (TPSA) is 237 Å². The zero-order valence-electron chi connectivity index (χ0n) is 62.7. The van der Waals surface area contributed by atoms with E-state index in [9.17, 15) is 43.2 Å². The van der Waals surface area contributed by atoms with Crippen LogP contribution in [0, 0.1) is 11.8 Å². The number of aliphatic hydroxyl groups excluding tert-OH is 1. The average Bonchev–Trinajstić information content (AvgIpc) is 1.23. The second kappa shape index (κ2) is 68.8. The van der Waals surface area contributed by atoms with Gasteiger partial charge in [0.05, 0.1) is 26.4 Å². The minimum Gasteiger partial charge on any atom is -0.462 e. The molecule has 2 unspecified atom stereocenters. The standard InChI is InChI=1S/C77H150O17P2/c1-7-9-11-13-15-17-19-21-23-24-25-26-27-28-30-32-37-41-49-55-61-76(81)93-72(65-87-74(79)59-53-47-40-36-31-29-22-20-18-16-14-12-10-8-2)67-91-95(83,84)89-63-71(78)64-90-96(85,86)92-68-73(66-88-75(80)60-54-48-44-43-46-52-58-70(5)6)94-77(82)62-56-50-42-38-34-33-35-39-45-51-57-69(3)4/h69-73,78H,7-68H2,1-6H3,(H,83,84)(H,85,86)/t71-,72-,73-/m1/s1. The fourth-order valence-corrected chi connectivity index (χ4v) is 13.4. The van der Waals surface area contributed by atoms with Crippen LogP contribution < -0.4 is 0 Å². The predicted molar refractivity (Wildman–Crippen MR) is 391 cm³/mol. The van der Waals surface area contributed by atoms with E-state index in [1.165, 1.54) is 212 Å². The molecule has 17 nitrogen and oxygen atoms in total. The third-order valence-electron chi connectivity index (χ3n) is 18.0. The third-order valence-corrected chi connectivity index (χ3v) is 19.9. The maximum Gasteiger partial charge on any atom is 0.472 e. The summed E-state index contributed by atoms with van der Waals surface area (Å²) in [5.74, 6) is -0.685. The van der Waals surface area contributed by atoms with E-state index in [-0.39, 0.29) is 25.7 Å². The molecule has 0 rings (SSSR count). The first kappa shape index (κ1) is 94.1. The molecule has 3 N–H and O–H groups in total. The molecule has 0 aromatic carbocycles. The molecule has 0 bridgehead atoms. The van der Waals surface area contributed by atoms with Crippen molar-refractivity contribution in [3.8, 4) is 0 Å². The molecule has 96 heavy (non-hydrogen) atoms. The number of ether oxygens (including phenoxy) is 4. The first-order valence-corrected chi connectivity index (χ1v) is 43.0. The van der Waals surface area contributed by atoms with Crippen molar-refractivity contribution in [1.82, 2.24) is 0 Å². The van der Waals surface area contributed by atoms with Gasteiger partial charge in [0.15, 0.2) is 12.2 Å². The fourth-order valence-electron chi connectivity index (χ4n) is 11.8. The maximum atomic E-state index is 13.1. The van der Waals surface area contributed by atoms with E-state index in [0.717, 1.165) is 102 Å². The minimum absolute atomic E-state index is 0.105. The van der Waals surface area contributed by atoms with Gasteiger partial charge in [-0.3, -0.25) is 37.3 Å². The molecule has 0 radical (unpaired) electrons. The van der Waals surface area contributed by atoms with E-state index in [1.54, 1.807) is 0 Å². The van der Waals surface area contributed by atoms with E-state index in [2.05, 4.69) is 41.5 Å². The van der Waals surface area contributed by atoms with Crippen LogP contribution in [0.5, 0.6) is 0 Å². The van der Waals surface area contributed by atoms with E-state index in [0.29, 0.717) is 31.6 Å². The Morgan fingerprint density at radius 2 is 0.479 bits per heavy atom. The Labute approximate surface area is 588 Å². The second-order valence-electron chi connectivity index (χ2n) is 28.7. The van der Waals surface area contributed by atoms with Gasteiger partial charge in [0, 0.05) is 25.7 Å². The van der Waals surface area contributed by atoms with Crippen molar-refractivity contribution in [3.63, 3.8) is 0 Å². The summed E-state index contributed by atoms with van der Waals surface area (Å²) in [5.41, 5.74) is 0. The summed E-state index contributed by atoms with van der Waals surface area (Å²) in [6.45, 7) is 9.51. The highest BCUT2D eigenvalue weighted by molar-refractivity contribution is 7.47. The van der Waals surface area contributed by atoms with Crippen LogP contribution in [0.1, 0.15) is 401 Å². The van der Waals surface area contributed by atoms with Crippen LogP contribution in [0.2, 0.25) is 0 Å². The first-order chi connectivity index (χ1) is 46.4. The molecule has 0 aromatic heterocycles. The Bertz CT molecular complexity index is 1860. The molecule has 0 amide bonds. The lowest BCUT2D eigenvalue weighted by molar-refractivity contribution is -0.161. The van der Waals surface area contributed by atoms with Gasteiger partial charge >= 0.3 is 39.5 Å². The number of rotatable bonds is 76. The number of esters is 4. The molecule has 5 atom stereocenters.